The normalized spacial score (nSPS) is 17.7. The van der Waals surface area contributed by atoms with Crippen LogP contribution in [0.2, 0.25) is 0 Å². The van der Waals surface area contributed by atoms with E-state index < -0.39 is 0 Å². The van der Waals surface area contributed by atoms with Gasteiger partial charge in [-0.15, -0.1) is 0 Å². The number of rotatable bonds is 3. The lowest BCUT2D eigenvalue weighted by Gasteiger charge is -2.25. The van der Waals surface area contributed by atoms with E-state index in [4.69, 9.17) is 0 Å². The Bertz CT molecular complexity index is 308. The molecule has 2 rings (SSSR count). The highest BCUT2D eigenvalue weighted by atomic mass is 16.3. The van der Waals surface area contributed by atoms with Crippen molar-refractivity contribution in [3.05, 3.63) is 29.8 Å². The lowest BCUT2D eigenvalue weighted by Crippen LogP contribution is -2.35. The average Bonchev–Trinajstić information content (AvgIpc) is 2.31. The van der Waals surface area contributed by atoms with Crippen LogP contribution >= 0.6 is 0 Å². The highest BCUT2D eigenvalue weighted by molar-refractivity contribution is 5.51. The van der Waals surface area contributed by atoms with Gasteiger partial charge in [-0.05, 0) is 32.0 Å². The van der Waals surface area contributed by atoms with Crippen LogP contribution in [0, 0.1) is 0 Å². The first-order valence-electron chi connectivity index (χ1n) is 5.56. The van der Waals surface area contributed by atoms with Gasteiger partial charge in [-0.2, -0.15) is 0 Å². The highest BCUT2D eigenvalue weighted by Crippen LogP contribution is 2.18. The van der Waals surface area contributed by atoms with E-state index in [-0.39, 0.29) is 6.61 Å². The Labute approximate surface area is 90.5 Å². The Kier molecular flexibility index (Phi) is 3.59. The maximum atomic E-state index is 9.20. The molecule has 0 aromatic heterocycles. The third kappa shape index (κ3) is 2.70. The number of hydrogen-bond donors (Lipinski definition) is 3. The molecule has 3 N–H and O–H groups in total. The molecule has 0 bridgehead atoms. The lowest BCUT2D eigenvalue weighted by atomic mass is 10.1. The van der Waals surface area contributed by atoms with Crippen molar-refractivity contribution < 1.29 is 5.11 Å². The second kappa shape index (κ2) is 5.14. The zero-order valence-corrected chi connectivity index (χ0v) is 8.87. The minimum absolute atomic E-state index is 0.105. The topological polar surface area (TPSA) is 44.3 Å². The highest BCUT2D eigenvalue weighted by Gasteiger charge is 2.13. The predicted octanol–water partition coefficient (Wildman–Crippen LogP) is 1.34. The molecule has 1 aromatic rings. The molecule has 0 spiro atoms. The van der Waals surface area contributed by atoms with Crippen LogP contribution in [0.1, 0.15) is 18.4 Å². The summed E-state index contributed by atoms with van der Waals surface area (Å²) in [4.78, 5) is 0. The molecule has 0 radical (unpaired) electrons. The summed E-state index contributed by atoms with van der Waals surface area (Å²) in [5.41, 5.74) is 2.06. The van der Waals surface area contributed by atoms with Gasteiger partial charge >= 0.3 is 0 Å². The number of anilines is 1. The summed E-state index contributed by atoms with van der Waals surface area (Å²) in [6, 6.07) is 8.50. The van der Waals surface area contributed by atoms with E-state index in [0.717, 1.165) is 37.2 Å². The van der Waals surface area contributed by atoms with Gasteiger partial charge in [0.25, 0.3) is 0 Å². The van der Waals surface area contributed by atoms with Crippen molar-refractivity contribution in [3.63, 3.8) is 0 Å². The third-order valence-electron chi connectivity index (χ3n) is 2.89. The maximum absolute atomic E-state index is 9.20. The Morgan fingerprint density at radius 3 is 2.73 bits per heavy atom. The Morgan fingerprint density at radius 2 is 2.00 bits per heavy atom. The van der Waals surface area contributed by atoms with Gasteiger partial charge in [-0.1, -0.05) is 18.2 Å². The molecule has 15 heavy (non-hydrogen) atoms. The summed E-state index contributed by atoms with van der Waals surface area (Å²) in [5.74, 6) is 0. The summed E-state index contributed by atoms with van der Waals surface area (Å²) >= 11 is 0. The number of aliphatic hydroxyl groups excluding tert-OH is 1. The standard InChI is InChI=1S/C12H18N2O/c15-9-10-3-1-2-4-12(10)14-11-5-7-13-8-6-11/h1-4,11,13-15H,5-9H2. The number of piperidine rings is 1. The van der Waals surface area contributed by atoms with Crippen LogP contribution < -0.4 is 10.6 Å². The van der Waals surface area contributed by atoms with E-state index in [1.807, 2.05) is 24.3 Å². The van der Waals surface area contributed by atoms with Crippen molar-refractivity contribution in [2.45, 2.75) is 25.5 Å². The van der Waals surface area contributed by atoms with Crippen LogP contribution in [0.3, 0.4) is 0 Å². The molecule has 3 heteroatoms. The quantitative estimate of drug-likeness (QED) is 0.699. The molecule has 1 aliphatic heterocycles. The van der Waals surface area contributed by atoms with Crippen LogP contribution in [-0.2, 0) is 6.61 Å². The monoisotopic (exact) mass is 206 g/mol. The molecule has 1 saturated heterocycles. The smallest absolute Gasteiger partial charge is 0.0701 e. The van der Waals surface area contributed by atoms with Gasteiger partial charge in [0.15, 0.2) is 0 Å². The molecule has 0 unspecified atom stereocenters. The molecule has 0 aliphatic carbocycles. The van der Waals surface area contributed by atoms with E-state index >= 15 is 0 Å². The summed E-state index contributed by atoms with van der Waals surface area (Å²) < 4.78 is 0. The van der Waals surface area contributed by atoms with Crippen molar-refractivity contribution in [2.75, 3.05) is 18.4 Å². The molecule has 1 heterocycles. The minimum atomic E-state index is 0.105. The first-order chi connectivity index (χ1) is 7.40. The molecule has 1 aromatic carbocycles. The molecular formula is C12H18N2O. The summed E-state index contributed by atoms with van der Waals surface area (Å²) in [7, 11) is 0. The van der Waals surface area contributed by atoms with Crippen molar-refractivity contribution in [1.29, 1.82) is 0 Å². The summed E-state index contributed by atoms with van der Waals surface area (Å²) in [6.07, 6.45) is 2.31. The zero-order chi connectivity index (χ0) is 10.5. The molecule has 82 valence electrons. The van der Waals surface area contributed by atoms with Crippen molar-refractivity contribution in [2.24, 2.45) is 0 Å². The fraction of sp³-hybridized carbons (Fsp3) is 0.500. The molecular weight excluding hydrogens is 188 g/mol. The van der Waals surface area contributed by atoms with Gasteiger partial charge in [-0.25, -0.2) is 0 Å². The van der Waals surface area contributed by atoms with Gasteiger partial charge < -0.3 is 15.7 Å². The van der Waals surface area contributed by atoms with Gasteiger partial charge in [0, 0.05) is 17.3 Å². The largest absolute Gasteiger partial charge is 0.392 e. The average molecular weight is 206 g/mol. The first kappa shape index (κ1) is 10.5. The van der Waals surface area contributed by atoms with Gasteiger partial charge in [-0.3, -0.25) is 0 Å². The van der Waals surface area contributed by atoms with Gasteiger partial charge in [0.2, 0.25) is 0 Å². The van der Waals surface area contributed by atoms with E-state index in [9.17, 15) is 5.11 Å². The number of aliphatic hydroxyl groups is 1. The fourth-order valence-electron chi connectivity index (χ4n) is 1.99. The lowest BCUT2D eigenvalue weighted by molar-refractivity contribution is 0.282. The van der Waals surface area contributed by atoms with E-state index in [1.165, 1.54) is 0 Å². The molecule has 0 amide bonds. The molecule has 1 aliphatic rings. The van der Waals surface area contributed by atoms with Gasteiger partial charge in [0.1, 0.15) is 0 Å². The van der Waals surface area contributed by atoms with Crippen LogP contribution in [-0.4, -0.2) is 24.2 Å². The van der Waals surface area contributed by atoms with Crippen LogP contribution in [0.5, 0.6) is 0 Å². The Balaban J connectivity index is 2.02. The third-order valence-corrected chi connectivity index (χ3v) is 2.89. The van der Waals surface area contributed by atoms with Crippen LogP contribution in [0.15, 0.2) is 24.3 Å². The molecule has 3 nitrogen and oxygen atoms in total. The van der Waals surface area contributed by atoms with Crippen molar-refractivity contribution >= 4 is 5.69 Å². The SMILES string of the molecule is OCc1ccccc1NC1CCNCC1. The minimum Gasteiger partial charge on any atom is -0.392 e. The number of hydrogen-bond acceptors (Lipinski definition) is 3. The number of para-hydroxylation sites is 1. The number of nitrogens with one attached hydrogen (secondary N) is 2. The second-order valence-corrected chi connectivity index (χ2v) is 3.98. The second-order valence-electron chi connectivity index (χ2n) is 3.98. The Morgan fingerprint density at radius 1 is 1.27 bits per heavy atom. The van der Waals surface area contributed by atoms with E-state index in [2.05, 4.69) is 10.6 Å². The molecule has 1 fully saturated rings. The van der Waals surface area contributed by atoms with Crippen LogP contribution in [0.4, 0.5) is 5.69 Å². The Hall–Kier alpha value is -1.06. The maximum Gasteiger partial charge on any atom is 0.0701 e. The summed E-state index contributed by atoms with van der Waals surface area (Å²) in [6.45, 7) is 2.27. The van der Waals surface area contributed by atoms with Crippen molar-refractivity contribution in [1.82, 2.24) is 5.32 Å². The molecule has 0 saturated carbocycles. The van der Waals surface area contributed by atoms with E-state index in [1.54, 1.807) is 0 Å². The zero-order valence-electron chi connectivity index (χ0n) is 8.87. The fourth-order valence-corrected chi connectivity index (χ4v) is 1.99. The molecule has 0 atom stereocenters. The van der Waals surface area contributed by atoms with E-state index in [0.29, 0.717) is 6.04 Å². The first-order valence-corrected chi connectivity index (χ1v) is 5.56. The van der Waals surface area contributed by atoms with Gasteiger partial charge in [0.05, 0.1) is 6.61 Å². The van der Waals surface area contributed by atoms with Crippen LogP contribution in [0.25, 0.3) is 0 Å². The van der Waals surface area contributed by atoms with Crippen molar-refractivity contribution in [3.8, 4) is 0 Å². The predicted molar refractivity (Wildman–Crippen MR) is 61.9 cm³/mol. The number of benzene rings is 1. The summed E-state index contributed by atoms with van der Waals surface area (Å²) in [5, 5.41) is 16.0.